The summed E-state index contributed by atoms with van der Waals surface area (Å²) in [4.78, 5) is 31.1. The highest BCUT2D eigenvalue weighted by molar-refractivity contribution is 8.00. The first-order valence-corrected chi connectivity index (χ1v) is 12.4. The second-order valence-electron chi connectivity index (χ2n) is 7.75. The molecule has 0 saturated heterocycles. The summed E-state index contributed by atoms with van der Waals surface area (Å²) < 4.78 is 1.85. The van der Waals surface area contributed by atoms with Gasteiger partial charge in [0.15, 0.2) is 0 Å². The largest absolute Gasteiger partial charge is 0.340 e. The summed E-state index contributed by atoms with van der Waals surface area (Å²) in [5.74, 6) is 0.187. The van der Waals surface area contributed by atoms with E-state index in [0.717, 1.165) is 32.4 Å². The molecule has 0 atom stereocenters. The van der Waals surface area contributed by atoms with Crippen molar-refractivity contribution < 1.29 is 9.59 Å². The van der Waals surface area contributed by atoms with E-state index in [9.17, 15) is 9.59 Å². The third-order valence-corrected chi connectivity index (χ3v) is 7.42. The van der Waals surface area contributed by atoms with E-state index in [4.69, 9.17) is 5.10 Å². The van der Waals surface area contributed by atoms with Crippen molar-refractivity contribution in [3.63, 3.8) is 0 Å². The maximum absolute atomic E-state index is 13.1. The molecule has 6 nitrogen and oxygen atoms in total. The van der Waals surface area contributed by atoms with Crippen LogP contribution in [0.5, 0.6) is 0 Å². The molecule has 166 valence electrons. The van der Waals surface area contributed by atoms with E-state index in [-0.39, 0.29) is 18.4 Å². The van der Waals surface area contributed by atoms with Gasteiger partial charge in [-0.05, 0) is 35.7 Å². The number of hydrogen-bond donors (Lipinski definition) is 0. The maximum Gasteiger partial charge on any atom is 0.242 e. The minimum Gasteiger partial charge on any atom is -0.340 e. The SMILES string of the molecule is CN(Cc1cn(-c2ccccc2)nc1-c1cccs1)C(=O)CN1C(=O)CSc2ccccc21. The Bertz CT molecular complexity index is 1290. The molecule has 1 aliphatic rings. The van der Waals surface area contributed by atoms with Crippen molar-refractivity contribution in [2.75, 3.05) is 24.2 Å². The molecule has 2 aromatic carbocycles. The number of benzene rings is 2. The fourth-order valence-electron chi connectivity index (χ4n) is 3.79. The number of carbonyl (C=O) groups excluding carboxylic acids is 2. The third kappa shape index (κ3) is 4.44. The van der Waals surface area contributed by atoms with Crippen LogP contribution in [0, 0.1) is 0 Å². The number of rotatable bonds is 6. The Morgan fingerprint density at radius 1 is 1.06 bits per heavy atom. The van der Waals surface area contributed by atoms with Gasteiger partial charge in [0.2, 0.25) is 11.8 Å². The second-order valence-corrected chi connectivity index (χ2v) is 9.71. The first-order valence-electron chi connectivity index (χ1n) is 10.5. The van der Waals surface area contributed by atoms with Gasteiger partial charge in [0.05, 0.1) is 22.0 Å². The monoisotopic (exact) mass is 474 g/mol. The van der Waals surface area contributed by atoms with Gasteiger partial charge < -0.3 is 9.80 Å². The van der Waals surface area contributed by atoms with Crippen LogP contribution < -0.4 is 4.90 Å². The van der Waals surface area contributed by atoms with Gasteiger partial charge >= 0.3 is 0 Å². The molecule has 0 aliphatic carbocycles. The molecule has 0 N–H and O–H groups in total. The predicted octanol–water partition coefficient (Wildman–Crippen LogP) is 4.70. The normalized spacial score (nSPS) is 13.1. The molecule has 3 heterocycles. The van der Waals surface area contributed by atoms with Gasteiger partial charge in [0.25, 0.3) is 0 Å². The highest BCUT2D eigenvalue weighted by atomic mass is 32.2. The summed E-state index contributed by atoms with van der Waals surface area (Å²) in [7, 11) is 1.77. The lowest BCUT2D eigenvalue weighted by atomic mass is 10.2. The lowest BCUT2D eigenvalue weighted by Crippen LogP contribution is -2.43. The quantitative estimate of drug-likeness (QED) is 0.407. The number of fused-ring (bicyclic) bond motifs is 1. The average molecular weight is 475 g/mol. The van der Waals surface area contributed by atoms with Gasteiger partial charge in [-0.1, -0.05) is 36.4 Å². The van der Waals surface area contributed by atoms with Crippen molar-refractivity contribution >= 4 is 40.6 Å². The number of thiophene rings is 1. The number of hydrogen-bond acceptors (Lipinski definition) is 5. The van der Waals surface area contributed by atoms with Gasteiger partial charge in [0.1, 0.15) is 12.2 Å². The molecular weight excluding hydrogens is 452 g/mol. The summed E-state index contributed by atoms with van der Waals surface area (Å²) >= 11 is 3.13. The number of likely N-dealkylation sites (N-methyl/N-ethyl adjacent to an activating group) is 1. The molecule has 0 saturated carbocycles. The predicted molar refractivity (Wildman–Crippen MR) is 133 cm³/mol. The van der Waals surface area contributed by atoms with Gasteiger partial charge in [-0.2, -0.15) is 5.10 Å². The van der Waals surface area contributed by atoms with E-state index in [1.54, 1.807) is 28.2 Å². The van der Waals surface area contributed by atoms with E-state index >= 15 is 0 Å². The smallest absolute Gasteiger partial charge is 0.242 e. The fraction of sp³-hybridized carbons (Fsp3) is 0.160. The van der Waals surface area contributed by atoms with Crippen molar-refractivity contribution in [3.8, 4) is 16.3 Å². The first kappa shape index (κ1) is 21.5. The van der Waals surface area contributed by atoms with Crippen LogP contribution in [0.3, 0.4) is 0 Å². The first-order chi connectivity index (χ1) is 16.1. The van der Waals surface area contributed by atoms with E-state index in [1.807, 2.05) is 83.0 Å². The third-order valence-electron chi connectivity index (χ3n) is 5.50. The molecule has 0 radical (unpaired) electrons. The van der Waals surface area contributed by atoms with Gasteiger partial charge in [0, 0.05) is 30.2 Å². The molecule has 1 aliphatic heterocycles. The van der Waals surface area contributed by atoms with Gasteiger partial charge in [-0.25, -0.2) is 4.68 Å². The standard InChI is InChI=1S/C25H22N4O2S2/c1-27(23(30)16-28-20-10-5-6-11-21(20)33-17-24(28)31)14-18-15-29(19-8-3-2-4-9-19)26-25(18)22-12-7-13-32-22/h2-13,15H,14,16-17H2,1H3. The minimum absolute atomic E-state index is 0.0219. The Morgan fingerprint density at radius 3 is 2.64 bits per heavy atom. The van der Waals surface area contributed by atoms with Gasteiger partial charge in [-0.15, -0.1) is 23.1 Å². The lowest BCUT2D eigenvalue weighted by molar-refractivity contribution is -0.130. The molecule has 0 unspecified atom stereocenters. The van der Waals surface area contributed by atoms with Crippen molar-refractivity contribution in [3.05, 3.63) is 83.9 Å². The van der Waals surface area contributed by atoms with Crippen LogP contribution in [0.25, 0.3) is 16.3 Å². The van der Waals surface area contributed by atoms with Crippen LogP contribution in [-0.4, -0.2) is 45.8 Å². The number of thioether (sulfide) groups is 1. The molecule has 33 heavy (non-hydrogen) atoms. The van der Waals surface area contributed by atoms with Crippen LogP contribution in [0.15, 0.2) is 83.2 Å². The van der Waals surface area contributed by atoms with E-state index in [2.05, 4.69) is 0 Å². The Morgan fingerprint density at radius 2 is 1.85 bits per heavy atom. The zero-order chi connectivity index (χ0) is 22.8. The molecule has 2 amide bonds. The number of aromatic nitrogens is 2. The van der Waals surface area contributed by atoms with E-state index in [1.165, 1.54) is 11.8 Å². The number of carbonyl (C=O) groups is 2. The van der Waals surface area contributed by atoms with Crippen LogP contribution in [0.2, 0.25) is 0 Å². The number of para-hydroxylation sites is 2. The minimum atomic E-state index is -0.116. The highest BCUT2D eigenvalue weighted by Crippen LogP contribution is 2.35. The molecule has 0 bridgehead atoms. The molecule has 8 heteroatoms. The molecule has 4 aromatic rings. The number of amides is 2. The fourth-order valence-corrected chi connectivity index (χ4v) is 5.47. The number of nitrogens with zero attached hydrogens (tertiary/aromatic N) is 4. The Labute approximate surface area is 200 Å². The summed E-state index contributed by atoms with van der Waals surface area (Å²) in [6.07, 6.45) is 1.98. The van der Waals surface area contributed by atoms with E-state index in [0.29, 0.717) is 12.3 Å². The van der Waals surface area contributed by atoms with Crippen LogP contribution in [0.4, 0.5) is 5.69 Å². The zero-order valence-corrected chi connectivity index (χ0v) is 19.7. The van der Waals surface area contributed by atoms with Crippen molar-refractivity contribution in [2.45, 2.75) is 11.4 Å². The number of anilines is 1. The second kappa shape index (κ2) is 9.25. The topological polar surface area (TPSA) is 58.4 Å². The van der Waals surface area contributed by atoms with Crippen LogP contribution in [0.1, 0.15) is 5.56 Å². The molecule has 0 spiro atoms. The summed E-state index contributed by atoms with van der Waals surface area (Å²) in [5.41, 5.74) is 3.59. The van der Waals surface area contributed by atoms with E-state index < -0.39 is 0 Å². The highest BCUT2D eigenvalue weighted by Gasteiger charge is 2.27. The van der Waals surface area contributed by atoms with Crippen molar-refractivity contribution in [2.24, 2.45) is 0 Å². The molecule has 5 rings (SSSR count). The molecule has 0 fully saturated rings. The zero-order valence-electron chi connectivity index (χ0n) is 18.0. The van der Waals surface area contributed by atoms with Crippen molar-refractivity contribution in [1.29, 1.82) is 0 Å². The maximum atomic E-state index is 13.1. The summed E-state index contributed by atoms with van der Waals surface area (Å²) in [5, 5.41) is 6.84. The summed E-state index contributed by atoms with van der Waals surface area (Å²) in [6, 6.07) is 21.7. The Kier molecular flexibility index (Phi) is 6.02. The van der Waals surface area contributed by atoms with Crippen molar-refractivity contribution in [1.82, 2.24) is 14.7 Å². The Hall–Kier alpha value is -3.36. The molecular formula is C25H22N4O2S2. The Balaban J connectivity index is 1.38. The van der Waals surface area contributed by atoms with Gasteiger partial charge in [-0.3, -0.25) is 9.59 Å². The lowest BCUT2D eigenvalue weighted by Gasteiger charge is -2.30. The van der Waals surface area contributed by atoms with Crippen LogP contribution >= 0.6 is 23.1 Å². The molecule has 2 aromatic heterocycles. The van der Waals surface area contributed by atoms with Crippen LogP contribution in [-0.2, 0) is 16.1 Å². The summed E-state index contributed by atoms with van der Waals surface area (Å²) in [6.45, 7) is 0.422. The average Bonchev–Trinajstić information content (AvgIpc) is 3.51.